The van der Waals surface area contributed by atoms with Crippen molar-refractivity contribution < 1.29 is 23.9 Å². The Morgan fingerprint density at radius 2 is 1.85 bits per heavy atom. The summed E-state index contributed by atoms with van der Waals surface area (Å²) in [6.07, 6.45) is 1.33. The number of likely N-dealkylation sites (tertiary alicyclic amines) is 1. The third-order valence-corrected chi connectivity index (χ3v) is 2.90. The maximum Gasteiger partial charge on any atom is 0.305 e. The third-order valence-electron chi connectivity index (χ3n) is 2.90. The van der Waals surface area contributed by atoms with E-state index in [0.29, 0.717) is 19.6 Å². The number of rotatable bonds is 8. The van der Waals surface area contributed by atoms with E-state index in [0.717, 1.165) is 4.90 Å². The van der Waals surface area contributed by atoms with Gasteiger partial charge in [-0.3, -0.25) is 24.1 Å². The zero-order valence-corrected chi connectivity index (χ0v) is 11.6. The van der Waals surface area contributed by atoms with Crippen molar-refractivity contribution in [2.75, 3.05) is 19.7 Å². The van der Waals surface area contributed by atoms with Crippen molar-refractivity contribution >= 4 is 23.7 Å². The van der Waals surface area contributed by atoms with Crippen molar-refractivity contribution in [1.82, 2.24) is 10.2 Å². The van der Waals surface area contributed by atoms with Crippen LogP contribution in [0.5, 0.6) is 0 Å². The summed E-state index contributed by atoms with van der Waals surface area (Å²) in [5, 5.41) is 2.64. The van der Waals surface area contributed by atoms with E-state index in [2.05, 4.69) is 5.32 Å². The second-order valence-electron chi connectivity index (χ2n) is 4.45. The van der Waals surface area contributed by atoms with Gasteiger partial charge in [-0.1, -0.05) is 0 Å². The quantitative estimate of drug-likeness (QED) is 0.384. The molecule has 20 heavy (non-hydrogen) atoms. The van der Waals surface area contributed by atoms with Gasteiger partial charge in [0.1, 0.15) is 0 Å². The smallest absolute Gasteiger partial charge is 0.305 e. The van der Waals surface area contributed by atoms with Gasteiger partial charge in [0.15, 0.2) is 0 Å². The summed E-state index contributed by atoms with van der Waals surface area (Å²) in [6, 6.07) is 0. The predicted octanol–water partition coefficient (Wildman–Crippen LogP) is -0.0150. The van der Waals surface area contributed by atoms with E-state index < -0.39 is 0 Å². The van der Waals surface area contributed by atoms with Crippen LogP contribution in [-0.4, -0.2) is 48.3 Å². The van der Waals surface area contributed by atoms with Crippen LogP contribution in [0.15, 0.2) is 0 Å². The van der Waals surface area contributed by atoms with Crippen LogP contribution in [0.4, 0.5) is 0 Å². The van der Waals surface area contributed by atoms with Crippen molar-refractivity contribution in [3.8, 4) is 0 Å². The number of amides is 3. The van der Waals surface area contributed by atoms with E-state index in [4.69, 9.17) is 4.74 Å². The molecular weight excluding hydrogens is 264 g/mol. The van der Waals surface area contributed by atoms with E-state index >= 15 is 0 Å². The SMILES string of the molecule is CCOC(=O)CCCNC(=O)CCN1C(=O)CCC1=O. The van der Waals surface area contributed by atoms with E-state index in [9.17, 15) is 19.2 Å². The normalized spacial score (nSPS) is 14.6. The molecule has 0 aromatic rings. The molecule has 0 aromatic carbocycles. The number of esters is 1. The molecule has 1 rings (SSSR count). The molecule has 1 aliphatic heterocycles. The Morgan fingerprint density at radius 3 is 2.45 bits per heavy atom. The average Bonchev–Trinajstić information content (AvgIpc) is 2.72. The fraction of sp³-hybridized carbons (Fsp3) is 0.692. The highest BCUT2D eigenvalue weighted by molar-refractivity contribution is 6.02. The molecule has 0 spiro atoms. The number of carbonyl (C=O) groups excluding carboxylic acids is 4. The summed E-state index contributed by atoms with van der Waals surface area (Å²) in [6.45, 7) is 2.59. The summed E-state index contributed by atoms with van der Waals surface area (Å²) in [4.78, 5) is 46.3. The van der Waals surface area contributed by atoms with Gasteiger partial charge in [-0.05, 0) is 13.3 Å². The first-order valence-corrected chi connectivity index (χ1v) is 6.80. The number of carbonyl (C=O) groups is 4. The lowest BCUT2D eigenvalue weighted by molar-refractivity contribution is -0.143. The van der Waals surface area contributed by atoms with Crippen molar-refractivity contribution in [2.45, 2.75) is 39.0 Å². The maximum atomic E-state index is 11.5. The zero-order valence-electron chi connectivity index (χ0n) is 11.6. The van der Waals surface area contributed by atoms with Crippen LogP contribution in [0.3, 0.4) is 0 Å². The summed E-state index contributed by atoms with van der Waals surface area (Å²) >= 11 is 0. The minimum atomic E-state index is -0.282. The highest BCUT2D eigenvalue weighted by Crippen LogP contribution is 2.11. The Balaban J connectivity index is 2.10. The molecule has 7 nitrogen and oxygen atoms in total. The molecule has 0 atom stereocenters. The first-order chi connectivity index (χ1) is 9.54. The van der Waals surface area contributed by atoms with Crippen LogP contribution in [0.1, 0.15) is 39.0 Å². The summed E-state index contributed by atoms with van der Waals surface area (Å²) in [7, 11) is 0. The van der Waals surface area contributed by atoms with Gasteiger partial charge in [-0.2, -0.15) is 0 Å². The number of ether oxygens (including phenoxy) is 1. The Kier molecular flexibility index (Phi) is 6.69. The van der Waals surface area contributed by atoms with Crippen LogP contribution in [0.25, 0.3) is 0 Å². The molecular formula is C13H20N2O5. The van der Waals surface area contributed by atoms with Crippen molar-refractivity contribution in [3.05, 3.63) is 0 Å². The van der Waals surface area contributed by atoms with E-state index in [-0.39, 0.29) is 55.9 Å². The molecule has 0 aliphatic carbocycles. The van der Waals surface area contributed by atoms with Gasteiger partial charge in [0.2, 0.25) is 17.7 Å². The predicted molar refractivity (Wildman–Crippen MR) is 69.4 cm³/mol. The molecule has 1 saturated heterocycles. The second kappa shape index (κ2) is 8.29. The Hall–Kier alpha value is -1.92. The molecule has 0 aromatic heterocycles. The lowest BCUT2D eigenvalue weighted by Crippen LogP contribution is -2.34. The van der Waals surface area contributed by atoms with Crippen molar-refractivity contribution in [1.29, 1.82) is 0 Å². The average molecular weight is 284 g/mol. The molecule has 7 heteroatoms. The number of nitrogens with zero attached hydrogens (tertiary/aromatic N) is 1. The van der Waals surface area contributed by atoms with Gasteiger partial charge in [0.25, 0.3) is 0 Å². The topological polar surface area (TPSA) is 92.8 Å². The largest absolute Gasteiger partial charge is 0.466 e. The molecule has 1 N–H and O–H groups in total. The fourth-order valence-electron chi connectivity index (χ4n) is 1.87. The first kappa shape index (κ1) is 16.1. The molecule has 0 unspecified atom stereocenters. The van der Waals surface area contributed by atoms with Crippen LogP contribution >= 0.6 is 0 Å². The van der Waals surface area contributed by atoms with Crippen molar-refractivity contribution in [2.24, 2.45) is 0 Å². The zero-order chi connectivity index (χ0) is 15.0. The van der Waals surface area contributed by atoms with Crippen LogP contribution in [0.2, 0.25) is 0 Å². The van der Waals surface area contributed by atoms with Crippen LogP contribution in [0, 0.1) is 0 Å². The van der Waals surface area contributed by atoms with Gasteiger partial charge in [0.05, 0.1) is 6.61 Å². The van der Waals surface area contributed by atoms with Gasteiger partial charge in [0, 0.05) is 38.8 Å². The molecule has 0 radical (unpaired) electrons. The molecule has 0 saturated carbocycles. The van der Waals surface area contributed by atoms with Gasteiger partial charge in [-0.15, -0.1) is 0 Å². The van der Waals surface area contributed by atoms with Crippen LogP contribution in [-0.2, 0) is 23.9 Å². The number of hydrogen-bond donors (Lipinski definition) is 1. The van der Waals surface area contributed by atoms with Gasteiger partial charge < -0.3 is 10.1 Å². The molecule has 1 aliphatic rings. The highest BCUT2D eigenvalue weighted by atomic mass is 16.5. The Morgan fingerprint density at radius 1 is 1.20 bits per heavy atom. The molecule has 1 fully saturated rings. The van der Waals surface area contributed by atoms with E-state index in [1.807, 2.05) is 0 Å². The lowest BCUT2D eigenvalue weighted by atomic mass is 10.3. The summed E-state index contributed by atoms with van der Waals surface area (Å²) < 4.78 is 4.75. The monoisotopic (exact) mass is 284 g/mol. The first-order valence-electron chi connectivity index (χ1n) is 6.80. The summed E-state index contributed by atoms with van der Waals surface area (Å²) in [5.74, 6) is -0.952. The van der Waals surface area contributed by atoms with E-state index in [1.165, 1.54) is 0 Å². The van der Waals surface area contributed by atoms with Gasteiger partial charge in [-0.25, -0.2) is 0 Å². The third kappa shape index (κ3) is 5.38. The highest BCUT2D eigenvalue weighted by Gasteiger charge is 2.28. The number of hydrogen-bond acceptors (Lipinski definition) is 5. The molecule has 3 amide bonds. The minimum absolute atomic E-state index is 0.0941. The van der Waals surface area contributed by atoms with Crippen LogP contribution < -0.4 is 5.32 Å². The van der Waals surface area contributed by atoms with Gasteiger partial charge >= 0.3 is 5.97 Å². The number of nitrogens with one attached hydrogen (secondary N) is 1. The Bertz CT molecular complexity index is 378. The maximum absolute atomic E-state index is 11.5. The minimum Gasteiger partial charge on any atom is -0.466 e. The summed E-state index contributed by atoms with van der Waals surface area (Å²) in [5.41, 5.74) is 0. The molecule has 112 valence electrons. The standard InChI is InChI=1S/C13H20N2O5/c1-2-20-13(19)4-3-8-14-10(16)7-9-15-11(17)5-6-12(15)18/h2-9H2,1H3,(H,14,16). The van der Waals surface area contributed by atoms with E-state index in [1.54, 1.807) is 6.92 Å². The second-order valence-corrected chi connectivity index (χ2v) is 4.45. The fourth-order valence-corrected chi connectivity index (χ4v) is 1.87. The molecule has 1 heterocycles. The number of imide groups is 1. The van der Waals surface area contributed by atoms with Crippen molar-refractivity contribution in [3.63, 3.8) is 0 Å². The Labute approximate surface area is 117 Å². The molecule has 0 bridgehead atoms. The lowest BCUT2D eigenvalue weighted by Gasteiger charge is -2.13.